The maximum Gasteiger partial charge on any atom is 0.318 e. The highest BCUT2D eigenvalue weighted by atomic mass is 16.5. The summed E-state index contributed by atoms with van der Waals surface area (Å²) in [6.07, 6.45) is 0.0192. The van der Waals surface area contributed by atoms with E-state index in [2.05, 4.69) is 15.5 Å². The second-order valence-electron chi connectivity index (χ2n) is 4.57. The third kappa shape index (κ3) is 3.26. The fourth-order valence-corrected chi connectivity index (χ4v) is 2.12. The first-order chi connectivity index (χ1) is 9.65. The van der Waals surface area contributed by atoms with Crippen molar-refractivity contribution in [2.45, 2.75) is 39.0 Å². The van der Waals surface area contributed by atoms with E-state index in [1.807, 2.05) is 13.8 Å². The lowest BCUT2D eigenvalue weighted by atomic mass is 10.2. The topological polar surface area (TPSA) is 101 Å². The number of ether oxygens (including phenoxy) is 1. The van der Waals surface area contributed by atoms with Gasteiger partial charge in [-0.1, -0.05) is 12.1 Å². The van der Waals surface area contributed by atoms with Gasteiger partial charge in [0.1, 0.15) is 0 Å². The van der Waals surface area contributed by atoms with Crippen LogP contribution >= 0.6 is 0 Å². The molecule has 0 saturated carbocycles. The lowest BCUT2D eigenvalue weighted by Crippen LogP contribution is -2.50. The molecule has 1 aliphatic heterocycles. The number of carbonyl (C=O) groups excluding carboxylic acids is 1. The van der Waals surface area contributed by atoms with Crippen LogP contribution in [0.5, 0.6) is 0 Å². The maximum absolute atomic E-state index is 12.1. The Balaban J connectivity index is 1.89. The Morgan fingerprint density at radius 3 is 2.85 bits per heavy atom. The van der Waals surface area contributed by atoms with Crippen LogP contribution < -0.4 is 5.32 Å². The summed E-state index contributed by atoms with van der Waals surface area (Å²) >= 11 is 0. The quantitative estimate of drug-likeness (QED) is 0.784. The molecule has 8 nitrogen and oxygen atoms in total. The smallest absolute Gasteiger partial charge is 0.318 e. The van der Waals surface area contributed by atoms with E-state index in [4.69, 9.17) is 9.26 Å². The van der Waals surface area contributed by atoms with Gasteiger partial charge in [-0.25, -0.2) is 4.79 Å². The third-order valence-electron chi connectivity index (χ3n) is 3.23. The van der Waals surface area contributed by atoms with Crippen LogP contribution in [-0.2, 0) is 17.7 Å². The number of rotatable bonds is 5. The molecule has 0 aromatic carbocycles. The number of aliphatic hydroxyl groups is 1. The summed E-state index contributed by atoms with van der Waals surface area (Å²) in [4.78, 5) is 17.8. The van der Waals surface area contributed by atoms with E-state index in [-0.39, 0.29) is 25.2 Å². The van der Waals surface area contributed by atoms with Gasteiger partial charge in [-0.2, -0.15) is 4.98 Å². The zero-order valence-electron chi connectivity index (χ0n) is 11.7. The lowest BCUT2D eigenvalue weighted by Gasteiger charge is -2.28. The zero-order chi connectivity index (χ0) is 14.5. The number of nitrogens with zero attached hydrogens (tertiary/aromatic N) is 3. The summed E-state index contributed by atoms with van der Waals surface area (Å²) in [6.45, 7) is 5.07. The van der Waals surface area contributed by atoms with Crippen molar-refractivity contribution in [1.29, 1.82) is 0 Å². The highest BCUT2D eigenvalue weighted by Gasteiger charge is 2.33. The van der Waals surface area contributed by atoms with Crippen LogP contribution in [0.3, 0.4) is 0 Å². The number of aryl methyl sites for hydroxylation is 1. The Kier molecular flexibility index (Phi) is 4.91. The molecule has 2 N–H and O–H groups in total. The van der Waals surface area contributed by atoms with Crippen LogP contribution in [0.15, 0.2) is 4.52 Å². The Morgan fingerprint density at radius 2 is 2.30 bits per heavy atom. The van der Waals surface area contributed by atoms with Crippen molar-refractivity contribution in [3.8, 4) is 0 Å². The average Bonchev–Trinajstić information content (AvgIpc) is 3.07. The number of aromatic nitrogens is 2. The molecule has 0 radical (unpaired) electrons. The molecule has 0 aliphatic carbocycles. The molecule has 0 bridgehead atoms. The monoisotopic (exact) mass is 284 g/mol. The van der Waals surface area contributed by atoms with E-state index in [1.165, 1.54) is 0 Å². The Labute approximate surface area is 117 Å². The predicted molar refractivity (Wildman–Crippen MR) is 68.9 cm³/mol. The number of likely N-dealkylation sites (N-methyl/N-ethyl adjacent to an activating group) is 1. The van der Waals surface area contributed by atoms with Crippen molar-refractivity contribution in [3.63, 3.8) is 0 Å². The van der Waals surface area contributed by atoms with Crippen LogP contribution in [0.1, 0.15) is 25.6 Å². The van der Waals surface area contributed by atoms with Gasteiger partial charge in [-0.3, -0.25) is 0 Å². The van der Waals surface area contributed by atoms with Gasteiger partial charge >= 0.3 is 6.03 Å². The fraction of sp³-hybridized carbons (Fsp3) is 0.750. The van der Waals surface area contributed by atoms with Gasteiger partial charge in [0.05, 0.1) is 31.9 Å². The first kappa shape index (κ1) is 14.7. The molecule has 1 saturated heterocycles. The van der Waals surface area contributed by atoms with E-state index in [1.54, 1.807) is 4.90 Å². The molecule has 2 rings (SSSR count). The van der Waals surface area contributed by atoms with Crippen molar-refractivity contribution < 1.29 is 19.2 Å². The molecule has 2 amide bonds. The highest BCUT2D eigenvalue weighted by molar-refractivity contribution is 5.74. The van der Waals surface area contributed by atoms with Gasteiger partial charge in [0.15, 0.2) is 5.82 Å². The summed E-state index contributed by atoms with van der Waals surface area (Å²) in [5.41, 5.74) is 0. The van der Waals surface area contributed by atoms with Gasteiger partial charge in [-0.05, 0) is 6.92 Å². The second kappa shape index (κ2) is 6.67. The molecule has 2 atom stereocenters. The van der Waals surface area contributed by atoms with Crippen molar-refractivity contribution in [2.75, 3.05) is 19.8 Å². The zero-order valence-corrected chi connectivity index (χ0v) is 11.7. The van der Waals surface area contributed by atoms with Gasteiger partial charge in [-0.15, -0.1) is 0 Å². The molecule has 8 heteroatoms. The number of carbonyl (C=O) groups is 1. The van der Waals surface area contributed by atoms with Crippen LogP contribution in [-0.4, -0.2) is 58.1 Å². The van der Waals surface area contributed by atoms with Crippen molar-refractivity contribution in [1.82, 2.24) is 20.4 Å². The molecular weight excluding hydrogens is 264 g/mol. The largest absolute Gasteiger partial charge is 0.388 e. The molecule has 1 fully saturated rings. The highest BCUT2D eigenvalue weighted by Crippen LogP contribution is 2.13. The molecule has 112 valence electrons. The van der Waals surface area contributed by atoms with Crippen molar-refractivity contribution >= 4 is 6.03 Å². The molecule has 1 aromatic heterocycles. The Bertz CT molecular complexity index is 450. The lowest BCUT2D eigenvalue weighted by molar-refractivity contribution is 0.0962. The molecule has 2 heterocycles. The van der Waals surface area contributed by atoms with E-state index in [0.717, 1.165) is 0 Å². The molecular formula is C12H20N4O4. The first-order valence-corrected chi connectivity index (χ1v) is 6.77. The Hall–Kier alpha value is -1.67. The van der Waals surface area contributed by atoms with Crippen LogP contribution in [0.25, 0.3) is 0 Å². The number of amides is 2. The predicted octanol–water partition coefficient (Wildman–Crippen LogP) is -0.0768. The number of hydrogen-bond donors (Lipinski definition) is 2. The number of nitrogens with one attached hydrogen (secondary N) is 1. The maximum atomic E-state index is 12.1. The van der Waals surface area contributed by atoms with E-state index in [9.17, 15) is 9.90 Å². The van der Waals surface area contributed by atoms with Gasteiger partial charge in [0, 0.05) is 13.0 Å². The van der Waals surface area contributed by atoms with E-state index in [0.29, 0.717) is 31.3 Å². The molecule has 20 heavy (non-hydrogen) atoms. The minimum atomic E-state index is -0.641. The summed E-state index contributed by atoms with van der Waals surface area (Å²) in [7, 11) is 0. The minimum Gasteiger partial charge on any atom is -0.388 e. The number of aliphatic hydroxyl groups excluding tert-OH is 1. The van der Waals surface area contributed by atoms with Crippen molar-refractivity contribution in [3.05, 3.63) is 11.7 Å². The SMILES string of the molecule is CCc1nc(CNC(=O)N(CC)[C@H]2COC[C@@H]2O)no1. The summed E-state index contributed by atoms with van der Waals surface area (Å²) in [6, 6.07) is -0.582. The normalized spacial score (nSPS) is 21.9. The van der Waals surface area contributed by atoms with E-state index >= 15 is 0 Å². The Morgan fingerprint density at radius 1 is 1.50 bits per heavy atom. The second-order valence-corrected chi connectivity index (χ2v) is 4.57. The number of urea groups is 1. The summed E-state index contributed by atoms with van der Waals surface area (Å²) < 4.78 is 10.1. The number of hydrogen-bond acceptors (Lipinski definition) is 6. The standard InChI is InChI=1S/C12H20N4O4/c1-3-11-14-10(15-20-11)5-13-12(18)16(4-2)8-6-19-7-9(8)17/h8-9,17H,3-7H2,1-2H3,(H,13,18)/t8-,9-/m0/s1. The van der Waals surface area contributed by atoms with Crippen LogP contribution in [0.4, 0.5) is 4.79 Å². The van der Waals surface area contributed by atoms with Gasteiger partial charge in [0.25, 0.3) is 0 Å². The van der Waals surface area contributed by atoms with E-state index < -0.39 is 6.10 Å². The molecule has 0 unspecified atom stereocenters. The van der Waals surface area contributed by atoms with Gasteiger partial charge < -0.3 is 24.6 Å². The van der Waals surface area contributed by atoms with Crippen molar-refractivity contribution in [2.24, 2.45) is 0 Å². The summed E-state index contributed by atoms with van der Waals surface area (Å²) in [5, 5.41) is 16.3. The molecule has 0 spiro atoms. The average molecular weight is 284 g/mol. The minimum absolute atomic E-state index is 0.197. The molecule has 1 aliphatic rings. The fourth-order valence-electron chi connectivity index (χ4n) is 2.12. The van der Waals surface area contributed by atoms with Gasteiger partial charge in [0.2, 0.25) is 5.89 Å². The third-order valence-corrected chi connectivity index (χ3v) is 3.23. The first-order valence-electron chi connectivity index (χ1n) is 6.77. The van der Waals surface area contributed by atoms with Crippen LogP contribution in [0.2, 0.25) is 0 Å². The van der Waals surface area contributed by atoms with Crippen LogP contribution in [0, 0.1) is 0 Å². The summed E-state index contributed by atoms with van der Waals surface area (Å²) in [5.74, 6) is 0.982. The molecule has 1 aromatic rings.